The Labute approximate surface area is 107 Å². The van der Waals surface area contributed by atoms with E-state index >= 15 is 0 Å². The van der Waals surface area contributed by atoms with Gasteiger partial charge in [0.1, 0.15) is 12.2 Å². The van der Waals surface area contributed by atoms with Gasteiger partial charge in [0.2, 0.25) is 17.7 Å². The molecule has 1 saturated heterocycles. The van der Waals surface area contributed by atoms with Crippen LogP contribution in [0.1, 0.15) is 12.8 Å². The van der Waals surface area contributed by atoms with E-state index in [0.29, 0.717) is 19.4 Å². The minimum absolute atomic E-state index is 0.0377. The normalized spacial score (nSPS) is 18.4. The molecule has 5 N–H and O–H groups in total. The number of hydrazine groups is 1. The number of hydrogen-bond acceptors (Lipinski definition) is 8. The quantitative estimate of drug-likeness (QED) is 0.361. The first-order chi connectivity index (χ1) is 9.04. The monoisotopic (exact) mass is 267 g/mol. The smallest absolute Gasteiger partial charge is 0.329 e. The summed E-state index contributed by atoms with van der Waals surface area (Å²) in [5.41, 5.74) is 7.22. The number of carbonyl (C=O) groups is 1. The van der Waals surface area contributed by atoms with Crippen molar-refractivity contribution < 1.29 is 9.72 Å². The molecule has 102 valence electrons. The lowest BCUT2D eigenvalue weighted by Crippen LogP contribution is -2.41. The van der Waals surface area contributed by atoms with Crippen LogP contribution in [0.4, 0.5) is 17.5 Å². The number of nitrogens with zero attached hydrogens (tertiary/aromatic N) is 4. The molecular formula is C9H13N7O3. The van der Waals surface area contributed by atoms with Crippen molar-refractivity contribution in [3.05, 3.63) is 16.3 Å². The number of anilines is 2. The largest absolute Gasteiger partial charge is 0.368 e. The predicted octanol–water partition coefficient (Wildman–Crippen LogP) is -0.876. The SMILES string of the molecule is NNc1ncc([N+](=O)[O-])c(N2CCCC2C(N)=O)n1. The molecule has 10 nitrogen and oxygen atoms in total. The summed E-state index contributed by atoms with van der Waals surface area (Å²) < 4.78 is 0. The lowest BCUT2D eigenvalue weighted by Gasteiger charge is -2.22. The Morgan fingerprint density at radius 1 is 1.63 bits per heavy atom. The zero-order valence-corrected chi connectivity index (χ0v) is 9.94. The maximum absolute atomic E-state index is 11.3. The van der Waals surface area contributed by atoms with Crippen molar-refractivity contribution in [2.24, 2.45) is 11.6 Å². The highest BCUT2D eigenvalue weighted by atomic mass is 16.6. The van der Waals surface area contributed by atoms with Gasteiger partial charge in [-0.2, -0.15) is 4.98 Å². The van der Waals surface area contributed by atoms with Gasteiger partial charge in [0.15, 0.2) is 0 Å². The van der Waals surface area contributed by atoms with E-state index in [2.05, 4.69) is 15.4 Å². The van der Waals surface area contributed by atoms with Crippen LogP contribution in [0.15, 0.2) is 6.20 Å². The van der Waals surface area contributed by atoms with E-state index in [0.717, 1.165) is 6.20 Å². The summed E-state index contributed by atoms with van der Waals surface area (Å²) in [5, 5.41) is 11.0. The highest BCUT2D eigenvalue weighted by Gasteiger charge is 2.34. The third-order valence-corrected chi connectivity index (χ3v) is 2.93. The Balaban J connectivity index is 2.46. The zero-order chi connectivity index (χ0) is 14.0. The Hall–Kier alpha value is -2.49. The van der Waals surface area contributed by atoms with Gasteiger partial charge in [-0.25, -0.2) is 10.8 Å². The van der Waals surface area contributed by atoms with Crippen molar-refractivity contribution in [3.8, 4) is 0 Å². The summed E-state index contributed by atoms with van der Waals surface area (Å²) >= 11 is 0. The van der Waals surface area contributed by atoms with Crippen molar-refractivity contribution in [3.63, 3.8) is 0 Å². The molecule has 0 spiro atoms. The molecule has 1 aliphatic heterocycles. The standard InChI is InChI=1S/C9H13N7O3/c10-7(17)5-2-1-3-15(5)8-6(16(18)19)4-12-9(13-8)14-11/h4-5H,1-3,11H2,(H2,10,17)(H,12,13,14). The molecule has 0 bridgehead atoms. The molecule has 0 saturated carbocycles. The second-order valence-corrected chi connectivity index (χ2v) is 4.06. The molecule has 1 amide bonds. The highest BCUT2D eigenvalue weighted by Crippen LogP contribution is 2.31. The number of carbonyl (C=O) groups excluding carboxylic acids is 1. The fraction of sp³-hybridized carbons (Fsp3) is 0.444. The van der Waals surface area contributed by atoms with E-state index in [1.165, 1.54) is 4.90 Å². The second kappa shape index (κ2) is 5.02. The van der Waals surface area contributed by atoms with E-state index in [9.17, 15) is 14.9 Å². The fourth-order valence-corrected chi connectivity index (χ4v) is 2.09. The van der Waals surface area contributed by atoms with Crippen LogP contribution in [-0.4, -0.2) is 33.4 Å². The average molecular weight is 267 g/mol. The molecule has 1 aliphatic rings. The van der Waals surface area contributed by atoms with E-state index in [1.54, 1.807) is 0 Å². The Morgan fingerprint density at radius 2 is 2.37 bits per heavy atom. The van der Waals surface area contributed by atoms with Crippen LogP contribution in [0.2, 0.25) is 0 Å². The van der Waals surface area contributed by atoms with Crippen LogP contribution >= 0.6 is 0 Å². The van der Waals surface area contributed by atoms with E-state index in [-0.39, 0.29) is 17.5 Å². The minimum Gasteiger partial charge on any atom is -0.368 e. The van der Waals surface area contributed by atoms with Gasteiger partial charge in [0, 0.05) is 6.54 Å². The molecule has 2 rings (SSSR count). The third-order valence-electron chi connectivity index (χ3n) is 2.93. The van der Waals surface area contributed by atoms with Crippen molar-refractivity contribution in [1.29, 1.82) is 0 Å². The number of nitrogen functional groups attached to an aromatic ring is 1. The summed E-state index contributed by atoms with van der Waals surface area (Å²) in [6, 6.07) is -0.598. The summed E-state index contributed by atoms with van der Waals surface area (Å²) in [7, 11) is 0. The number of amides is 1. The van der Waals surface area contributed by atoms with Gasteiger partial charge in [-0.1, -0.05) is 0 Å². The Bertz CT molecular complexity index is 521. The van der Waals surface area contributed by atoms with Gasteiger partial charge in [-0.3, -0.25) is 20.3 Å². The number of primary amides is 1. The summed E-state index contributed by atoms with van der Waals surface area (Å²) in [5.74, 6) is 4.74. The predicted molar refractivity (Wildman–Crippen MR) is 66.1 cm³/mol. The van der Waals surface area contributed by atoms with E-state index in [1.807, 2.05) is 0 Å². The van der Waals surface area contributed by atoms with Gasteiger partial charge in [-0.05, 0) is 12.8 Å². The summed E-state index contributed by atoms with van der Waals surface area (Å²) in [6.07, 6.45) is 2.30. The number of nitro groups is 1. The van der Waals surface area contributed by atoms with Gasteiger partial charge in [0.05, 0.1) is 4.92 Å². The second-order valence-electron chi connectivity index (χ2n) is 4.06. The molecule has 1 fully saturated rings. The molecule has 1 unspecified atom stereocenters. The molecule has 0 radical (unpaired) electrons. The molecule has 0 aliphatic carbocycles. The fourth-order valence-electron chi connectivity index (χ4n) is 2.09. The van der Waals surface area contributed by atoms with E-state index < -0.39 is 16.9 Å². The van der Waals surface area contributed by atoms with Crippen LogP contribution in [0.5, 0.6) is 0 Å². The summed E-state index contributed by atoms with van der Waals surface area (Å²) in [6.45, 7) is 0.468. The molecular weight excluding hydrogens is 254 g/mol. The van der Waals surface area contributed by atoms with Crippen molar-refractivity contribution >= 4 is 23.4 Å². The maximum atomic E-state index is 11.3. The molecule has 1 atom stereocenters. The highest BCUT2D eigenvalue weighted by molar-refractivity contribution is 5.84. The van der Waals surface area contributed by atoms with Gasteiger partial charge in [0.25, 0.3) is 0 Å². The average Bonchev–Trinajstić information content (AvgIpc) is 2.87. The maximum Gasteiger partial charge on any atom is 0.329 e. The lowest BCUT2D eigenvalue weighted by atomic mass is 10.2. The van der Waals surface area contributed by atoms with Gasteiger partial charge >= 0.3 is 5.69 Å². The Kier molecular flexibility index (Phi) is 3.42. The number of aromatic nitrogens is 2. The molecule has 10 heteroatoms. The van der Waals surface area contributed by atoms with Crippen LogP contribution in [0, 0.1) is 10.1 Å². The zero-order valence-electron chi connectivity index (χ0n) is 9.94. The van der Waals surface area contributed by atoms with Crippen LogP contribution in [-0.2, 0) is 4.79 Å². The lowest BCUT2D eigenvalue weighted by molar-refractivity contribution is -0.384. The van der Waals surface area contributed by atoms with Crippen molar-refractivity contribution in [1.82, 2.24) is 9.97 Å². The first-order valence-corrected chi connectivity index (χ1v) is 5.58. The molecule has 1 aromatic rings. The van der Waals surface area contributed by atoms with Gasteiger partial charge in [-0.15, -0.1) is 0 Å². The van der Waals surface area contributed by atoms with Crippen LogP contribution in [0.3, 0.4) is 0 Å². The van der Waals surface area contributed by atoms with E-state index in [4.69, 9.17) is 11.6 Å². The van der Waals surface area contributed by atoms with Gasteiger partial charge < -0.3 is 10.6 Å². The third kappa shape index (κ3) is 2.38. The van der Waals surface area contributed by atoms with Crippen LogP contribution < -0.4 is 21.9 Å². The number of nitrogens with one attached hydrogen (secondary N) is 1. The molecule has 0 aromatic carbocycles. The van der Waals surface area contributed by atoms with Crippen molar-refractivity contribution in [2.45, 2.75) is 18.9 Å². The summed E-state index contributed by atoms with van der Waals surface area (Å²) in [4.78, 5) is 30.9. The van der Waals surface area contributed by atoms with Crippen molar-refractivity contribution in [2.75, 3.05) is 16.9 Å². The minimum atomic E-state index is -0.605. The molecule has 19 heavy (non-hydrogen) atoms. The first-order valence-electron chi connectivity index (χ1n) is 5.58. The molecule has 1 aromatic heterocycles. The van der Waals surface area contributed by atoms with Crippen LogP contribution in [0.25, 0.3) is 0 Å². The first kappa shape index (κ1) is 13.0. The topological polar surface area (TPSA) is 153 Å². The number of hydrogen-bond donors (Lipinski definition) is 3. The Morgan fingerprint density at radius 3 is 2.95 bits per heavy atom. The molecule has 2 heterocycles. The number of nitrogens with two attached hydrogens (primary N) is 2. The number of rotatable bonds is 4.